The smallest absolute Gasteiger partial charge is 0.394 e. The monoisotopic (exact) mass is 402 g/mol. The van der Waals surface area contributed by atoms with E-state index in [2.05, 4.69) is 15.3 Å². The zero-order valence-electron chi connectivity index (χ0n) is 14.6. The lowest BCUT2D eigenvalue weighted by atomic mass is 10.2. The van der Waals surface area contributed by atoms with Gasteiger partial charge in [0.25, 0.3) is 0 Å². The summed E-state index contributed by atoms with van der Waals surface area (Å²) >= 11 is 5.90. The second kappa shape index (κ2) is 8.53. The Labute approximate surface area is 158 Å². The SMILES string of the molecule is C/C=C\C=C(/CCl)n1c(=O)nc(N[C@@H](C)CO)c2ccc(C(F)(F)F)nc21. The van der Waals surface area contributed by atoms with Crippen molar-refractivity contribution in [1.29, 1.82) is 0 Å². The third-order valence-electron chi connectivity index (χ3n) is 3.59. The van der Waals surface area contributed by atoms with Crippen LogP contribution in [0.4, 0.5) is 19.0 Å². The quantitative estimate of drug-likeness (QED) is 0.572. The predicted molar refractivity (Wildman–Crippen MR) is 98.8 cm³/mol. The van der Waals surface area contributed by atoms with E-state index in [1.54, 1.807) is 26.0 Å². The molecule has 27 heavy (non-hydrogen) atoms. The minimum atomic E-state index is -4.68. The van der Waals surface area contributed by atoms with Crippen molar-refractivity contribution in [2.45, 2.75) is 26.1 Å². The van der Waals surface area contributed by atoms with Gasteiger partial charge in [-0.05, 0) is 32.1 Å². The van der Waals surface area contributed by atoms with Crippen LogP contribution in [0, 0.1) is 0 Å². The number of halogens is 4. The van der Waals surface area contributed by atoms with Gasteiger partial charge >= 0.3 is 11.9 Å². The molecule has 1 atom stereocenters. The van der Waals surface area contributed by atoms with Gasteiger partial charge in [-0.2, -0.15) is 18.2 Å². The second-order valence-electron chi connectivity index (χ2n) is 5.69. The molecule has 0 saturated heterocycles. The number of anilines is 1. The van der Waals surface area contributed by atoms with Crippen molar-refractivity contribution >= 4 is 34.1 Å². The topological polar surface area (TPSA) is 80.0 Å². The summed E-state index contributed by atoms with van der Waals surface area (Å²) in [6.45, 7) is 3.12. The summed E-state index contributed by atoms with van der Waals surface area (Å²) < 4.78 is 40.3. The number of hydrogen-bond acceptors (Lipinski definition) is 5. The molecule has 0 unspecified atom stereocenters. The fourth-order valence-corrected chi connectivity index (χ4v) is 2.50. The standard InChI is InChI=1S/C17H18ClF3N4O2/c1-3-4-5-11(8-18)25-15-12(6-7-13(23-15)17(19,20)21)14(24-16(25)27)22-10(2)9-26/h3-7,10,26H,8-9H2,1-2H3,(H,22,24,27)/b4-3-,11-5+/t10-/m0/s1. The molecule has 2 aromatic rings. The first-order chi connectivity index (χ1) is 12.7. The van der Waals surface area contributed by atoms with Crippen molar-refractivity contribution in [2.24, 2.45) is 0 Å². The molecule has 0 saturated carbocycles. The van der Waals surface area contributed by atoms with Gasteiger partial charge in [-0.25, -0.2) is 14.3 Å². The Morgan fingerprint density at radius 3 is 2.67 bits per heavy atom. The van der Waals surface area contributed by atoms with Crippen molar-refractivity contribution in [1.82, 2.24) is 14.5 Å². The molecule has 2 aromatic heterocycles. The number of aliphatic hydroxyl groups excluding tert-OH is 1. The molecule has 0 fully saturated rings. The van der Waals surface area contributed by atoms with Crippen molar-refractivity contribution < 1.29 is 18.3 Å². The summed E-state index contributed by atoms with van der Waals surface area (Å²) in [5.74, 6) is -0.104. The van der Waals surface area contributed by atoms with Crippen LogP contribution in [0.15, 0.2) is 35.2 Å². The van der Waals surface area contributed by atoms with Crippen LogP contribution in [0.25, 0.3) is 16.7 Å². The minimum Gasteiger partial charge on any atom is -0.394 e. The van der Waals surface area contributed by atoms with Gasteiger partial charge in [0.1, 0.15) is 11.5 Å². The Bertz CT molecular complexity index is 938. The molecule has 0 spiro atoms. The first-order valence-corrected chi connectivity index (χ1v) is 8.53. The fourth-order valence-electron chi connectivity index (χ4n) is 2.29. The highest BCUT2D eigenvalue weighted by atomic mass is 35.5. The Hall–Kier alpha value is -2.39. The Balaban J connectivity index is 2.86. The Kier molecular flexibility index (Phi) is 6.61. The molecule has 2 heterocycles. The van der Waals surface area contributed by atoms with Gasteiger partial charge in [0.05, 0.1) is 17.9 Å². The van der Waals surface area contributed by atoms with Crippen LogP contribution >= 0.6 is 11.6 Å². The highest BCUT2D eigenvalue weighted by Crippen LogP contribution is 2.30. The third kappa shape index (κ3) is 4.67. The number of hydrogen-bond donors (Lipinski definition) is 2. The van der Waals surface area contributed by atoms with E-state index in [1.165, 1.54) is 12.1 Å². The normalized spacial score (nSPS) is 14.1. The van der Waals surface area contributed by atoms with E-state index in [0.717, 1.165) is 10.6 Å². The molecule has 0 aromatic carbocycles. The van der Waals surface area contributed by atoms with E-state index >= 15 is 0 Å². The van der Waals surface area contributed by atoms with Gasteiger partial charge in [0, 0.05) is 11.7 Å². The first kappa shape index (κ1) is 20.9. The number of fused-ring (bicyclic) bond motifs is 1. The van der Waals surface area contributed by atoms with Crippen LogP contribution in [0.1, 0.15) is 19.5 Å². The van der Waals surface area contributed by atoms with Gasteiger partial charge in [0.2, 0.25) is 0 Å². The zero-order valence-corrected chi connectivity index (χ0v) is 15.3. The maximum absolute atomic E-state index is 13.1. The first-order valence-electron chi connectivity index (χ1n) is 7.99. The van der Waals surface area contributed by atoms with Crippen LogP contribution in [-0.4, -0.2) is 38.2 Å². The van der Waals surface area contributed by atoms with Crippen LogP contribution in [-0.2, 0) is 6.18 Å². The van der Waals surface area contributed by atoms with Gasteiger partial charge in [-0.3, -0.25) is 0 Å². The van der Waals surface area contributed by atoms with Crippen molar-refractivity contribution in [3.8, 4) is 0 Å². The van der Waals surface area contributed by atoms with E-state index in [9.17, 15) is 23.1 Å². The molecule has 0 aliphatic heterocycles. The molecule has 2 N–H and O–H groups in total. The van der Waals surface area contributed by atoms with Crippen LogP contribution < -0.4 is 11.0 Å². The lowest BCUT2D eigenvalue weighted by Gasteiger charge is -2.17. The number of nitrogens with one attached hydrogen (secondary N) is 1. The predicted octanol–water partition coefficient (Wildman–Crippen LogP) is 3.26. The molecule has 6 nitrogen and oxygen atoms in total. The van der Waals surface area contributed by atoms with Gasteiger partial charge in [-0.1, -0.05) is 12.2 Å². The van der Waals surface area contributed by atoms with Gasteiger partial charge in [-0.15, -0.1) is 11.6 Å². The van der Waals surface area contributed by atoms with Gasteiger partial charge in [0.15, 0.2) is 5.65 Å². The van der Waals surface area contributed by atoms with E-state index < -0.39 is 23.6 Å². The number of aliphatic hydroxyl groups is 1. The Morgan fingerprint density at radius 1 is 1.41 bits per heavy atom. The highest BCUT2D eigenvalue weighted by molar-refractivity contribution is 6.22. The highest BCUT2D eigenvalue weighted by Gasteiger charge is 2.33. The molecule has 0 amide bonds. The molecule has 2 rings (SSSR count). The van der Waals surface area contributed by atoms with Crippen molar-refractivity contribution in [3.05, 3.63) is 46.5 Å². The molecular weight excluding hydrogens is 385 g/mol. The van der Waals surface area contributed by atoms with E-state index in [4.69, 9.17) is 11.6 Å². The third-order valence-corrected chi connectivity index (χ3v) is 3.87. The summed E-state index contributed by atoms with van der Waals surface area (Å²) in [6, 6.07) is 1.52. The van der Waals surface area contributed by atoms with Crippen molar-refractivity contribution in [3.63, 3.8) is 0 Å². The average molecular weight is 403 g/mol. The number of pyridine rings is 1. The molecule has 0 aliphatic rings. The average Bonchev–Trinajstić information content (AvgIpc) is 2.62. The number of aromatic nitrogens is 3. The summed E-state index contributed by atoms with van der Waals surface area (Å²) in [5.41, 5.74) is -1.98. The van der Waals surface area contributed by atoms with Crippen LogP contribution in [0.5, 0.6) is 0 Å². The maximum atomic E-state index is 13.1. The number of nitrogens with zero attached hydrogens (tertiary/aromatic N) is 3. The summed E-state index contributed by atoms with van der Waals surface area (Å²) in [7, 11) is 0. The molecule has 146 valence electrons. The molecule has 10 heteroatoms. The van der Waals surface area contributed by atoms with E-state index in [1.807, 2.05) is 0 Å². The van der Waals surface area contributed by atoms with Crippen molar-refractivity contribution in [2.75, 3.05) is 17.8 Å². The molecule has 0 radical (unpaired) electrons. The number of rotatable bonds is 6. The second-order valence-corrected chi connectivity index (χ2v) is 5.96. The Morgan fingerprint density at radius 2 is 2.11 bits per heavy atom. The summed E-state index contributed by atoms with van der Waals surface area (Å²) in [5, 5.41) is 12.2. The lowest BCUT2D eigenvalue weighted by Crippen LogP contribution is -2.28. The van der Waals surface area contributed by atoms with E-state index in [-0.39, 0.29) is 35.0 Å². The number of alkyl halides is 4. The largest absolute Gasteiger partial charge is 0.433 e. The lowest BCUT2D eigenvalue weighted by molar-refractivity contribution is -0.141. The molecule has 0 aliphatic carbocycles. The molecular formula is C17H18ClF3N4O2. The maximum Gasteiger partial charge on any atom is 0.433 e. The minimum absolute atomic E-state index is 0.0361. The molecule has 0 bridgehead atoms. The summed E-state index contributed by atoms with van der Waals surface area (Å²) in [4.78, 5) is 20.1. The van der Waals surface area contributed by atoms with Gasteiger partial charge < -0.3 is 10.4 Å². The van der Waals surface area contributed by atoms with E-state index in [0.29, 0.717) is 0 Å². The number of allylic oxidation sites excluding steroid dienone is 4. The zero-order chi connectivity index (χ0) is 20.2. The fraction of sp³-hybridized carbons (Fsp3) is 0.353. The van der Waals surface area contributed by atoms with Crippen LogP contribution in [0.2, 0.25) is 0 Å². The summed E-state index contributed by atoms with van der Waals surface area (Å²) in [6.07, 6.45) is 0.101. The van der Waals surface area contributed by atoms with Crippen LogP contribution in [0.3, 0.4) is 0 Å².